The summed E-state index contributed by atoms with van der Waals surface area (Å²) < 4.78 is 0. The van der Waals surface area contributed by atoms with Crippen molar-refractivity contribution in [2.45, 2.75) is 12.3 Å². The van der Waals surface area contributed by atoms with E-state index in [0.29, 0.717) is 12.3 Å². The molecule has 2 saturated heterocycles. The van der Waals surface area contributed by atoms with Gasteiger partial charge in [-0.05, 0) is 39.3 Å². The summed E-state index contributed by atoms with van der Waals surface area (Å²) in [6.07, 6.45) is 0.867. The van der Waals surface area contributed by atoms with Gasteiger partial charge in [0.15, 0.2) is 0 Å². The van der Waals surface area contributed by atoms with Crippen LogP contribution in [0.2, 0.25) is 0 Å². The van der Waals surface area contributed by atoms with Gasteiger partial charge in [-0.15, -0.1) is 0 Å². The van der Waals surface area contributed by atoms with Crippen LogP contribution in [-0.4, -0.2) is 74.0 Å². The van der Waals surface area contributed by atoms with Gasteiger partial charge < -0.3 is 0 Å². The van der Waals surface area contributed by atoms with Crippen molar-refractivity contribution in [3.05, 3.63) is 35.4 Å². The molecule has 1 aromatic carbocycles. The van der Waals surface area contributed by atoms with Crippen molar-refractivity contribution < 1.29 is 0 Å². The van der Waals surface area contributed by atoms with Gasteiger partial charge in [-0.1, -0.05) is 24.3 Å². The Bertz CT molecular complexity index is 395. The van der Waals surface area contributed by atoms with E-state index in [1.807, 2.05) is 0 Å². The number of hydrogen-bond acceptors (Lipinski definition) is 4. The fourth-order valence-corrected chi connectivity index (χ4v) is 3.65. The van der Waals surface area contributed by atoms with E-state index in [-0.39, 0.29) is 0 Å². The van der Waals surface area contributed by atoms with E-state index >= 15 is 0 Å². The maximum atomic E-state index is 2.42. The Hall–Kier alpha value is -0.940. The molecule has 0 radical (unpaired) electrons. The molecule has 2 fully saturated rings. The third kappa shape index (κ3) is 2.37. The van der Waals surface area contributed by atoms with Crippen molar-refractivity contribution >= 4 is 0 Å². The van der Waals surface area contributed by atoms with Gasteiger partial charge >= 0.3 is 0 Å². The molecule has 0 aromatic heterocycles. The van der Waals surface area contributed by atoms with Crippen LogP contribution < -0.4 is 0 Å². The summed E-state index contributed by atoms with van der Waals surface area (Å²) in [6.45, 7) is 4.60. The fraction of sp³-hybridized carbons (Fsp3) is 0.625. The van der Waals surface area contributed by atoms with Crippen molar-refractivity contribution in [2.75, 3.05) is 54.4 Å². The topological polar surface area (TPSA) is 13.0 Å². The molecule has 2 heterocycles. The predicted octanol–water partition coefficient (Wildman–Crippen LogP) is 1.44. The largest absolute Gasteiger partial charge is 0.286 e. The first-order valence-corrected chi connectivity index (χ1v) is 7.49. The molecule has 20 heavy (non-hydrogen) atoms. The van der Waals surface area contributed by atoms with Crippen molar-refractivity contribution in [3.63, 3.8) is 0 Å². The van der Waals surface area contributed by atoms with Crippen LogP contribution in [0.1, 0.15) is 23.5 Å². The van der Waals surface area contributed by atoms with E-state index in [1.165, 1.54) is 11.1 Å². The molecule has 0 amide bonds. The zero-order chi connectivity index (χ0) is 14.3. The van der Waals surface area contributed by atoms with Gasteiger partial charge in [-0.3, -0.25) is 19.6 Å². The Balaban J connectivity index is 1.81. The Morgan fingerprint density at radius 2 is 0.850 bits per heavy atom. The minimum absolute atomic E-state index is 0.433. The van der Waals surface area contributed by atoms with Crippen molar-refractivity contribution in [1.82, 2.24) is 19.6 Å². The smallest absolute Gasteiger partial charge is 0.0882 e. The lowest BCUT2D eigenvalue weighted by Gasteiger charge is -2.28. The van der Waals surface area contributed by atoms with E-state index in [1.54, 1.807) is 0 Å². The number of rotatable bonds is 2. The maximum Gasteiger partial charge on any atom is 0.0882 e. The van der Waals surface area contributed by atoms with E-state index in [9.17, 15) is 0 Å². The van der Waals surface area contributed by atoms with E-state index in [2.05, 4.69) is 72.1 Å². The average Bonchev–Trinajstić information content (AvgIpc) is 2.94. The van der Waals surface area contributed by atoms with Crippen molar-refractivity contribution in [3.8, 4) is 0 Å². The monoisotopic (exact) mass is 274 g/mol. The Morgan fingerprint density at radius 1 is 0.600 bits per heavy atom. The lowest BCUT2D eigenvalue weighted by atomic mass is 10.1. The van der Waals surface area contributed by atoms with E-state index < -0.39 is 0 Å². The molecule has 0 saturated carbocycles. The Morgan fingerprint density at radius 3 is 1.10 bits per heavy atom. The van der Waals surface area contributed by atoms with Crippen molar-refractivity contribution in [2.24, 2.45) is 0 Å². The molecule has 3 rings (SSSR count). The molecule has 1 aromatic rings. The highest BCUT2D eigenvalue weighted by Crippen LogP contribution is 2.31. The highest BCUT2D eigenvalue weighted by molar-refractivity contribution is 5.27. The first kappa shape index (κ1) is 14.0. The zero-order valence-electron chi connectivity index (χ0n) is 13.1. The molecule has 0 unspecified atom stereocenters. The standard InChI is InChI=1S/C16H26N4/c1-17-9-10-18(2)15(17)13-5-7-14(8-6-13)16-19(3)11-12-20(16)4/h5-8,15-16H,9-12H2,1-4H3. The highest BCUT2D eigenvalue weighted by atomic mass is 15.4. The second-order valence-corrected chi connectivity index (χ2v) is 6.34. The van der Waals surface area contributed by atoms with Crippen LogP contribution in [0, 0.1) is 0 Å². The lowest BCUT2D eigenvalue weighted by molar-refractivity contribution is 0.187. The minimum Gasteiger partial charge on any atom is -0.286 e. The number of benzene rings is 1. The second-order valence-electron chi connectivity index (χ2n) is 6.34. The van der Waals surface area contributed by atoms with E-state index in [0.717, 1.165) is 26.2 Å². The molecule has 110 valence electrons. The van der Waals surface area contributed by atoms with Gasteiger partial charge in [-0.25, -0.2) is 0 Å². The van der Waals surface area contributed by atoms with Gasteiger partial charge in [0.2, 0.25) is 0 Å². The summed E-state index contributed by atoms with van der Waals surface area (Å²) in [5.74, 6) is 0. The first-order valence-electron chi connectivity index (χ1n) is 7.49. The Kier molecular flexibility index (Phi) is 3.82. The molecule has 0 spiro atoms. The molecule has 4 heteroatoms. The van der Waals surface area contributed by atoms with Crippen LogP contribution in [0.5, 0.6) is 0 Å². The summed E-state index contributed by atoms with van der Waals surface area (Å²) >= 11 is 0. The summed E-state index contributed by atoms with van der Waals surface area (Å²) in [7, 11) is 8.84. The predicted molar refractivity (Wildman–Crippen MR) is 82.4 cm³/mol. The second kappa shape index (κ2) is 5.45. The molecule has 0 bridgehead atoms. The molecule has 4 nitrogen and oxygen atoms in total. The third-order valence-electron chi connectivity index (χ3n) is 4.81. The van der Waals surface area contributed by atoms with E-state index in [4.69, 9.17) is 0 Å². The van der Waals surface area contributed by atoms with Crippen LogP contribution in [0.3, 0.4) is 0 Å². The Labute approximate surface area is 122 Å². The molecule has 0 N–H and O–H groups in total. The SMILES string of the molecule is CN1CCN(C)C1c1ccc(C2N(C)CCN2C)cc1. The van der Waals surface area contributed by atoms with Gasteiger partial charge in [-0.2, -0.15) is 0 Å². The maximum absolute atomic E-state index is 2.42. The zero-order valence-corrected chi connectivity index (χ0v) is 13.1. The number of likely N-dealkylation sites (N-methyl/N-ethyl adjacent to an activating group) is 4. The van der Waals surface area contributed by atoms with Gasteiger partial charge in [0, 0.05) is 26.2 Å². The van der Waals surface area contributed by atoms with Crippen molar-refractivity contribution in [1.29, 1.82) is 0 Å². The summed E-state index contributed by atoms with van der Waals surface area (Å²) in [5, 5.41) is 0. The normalized spacial score (nSPS) is 25.0. The van der Waals surface area contributed by atoms with Gasteiger partial charge in [0.25, 0.3) is 0 Å². The van der Waals surface area contributed by atoms with Crippen LogP contribution in [-0.2, 0) is 0 Å². The van der Waals surface area contributed by atoms with Gasteiger partial charge in [0.05, 0.1) is 12.3 Å². The number of nitrogens with zero attached hydrogens (tertiary/aromatic N) is 4. The minimum atomic E-state index is 0.433. The highest BCUT2D eigenvalue weighted by Gasteiger charge is 2.30. The quantitative estimate of drug-likeness (QED) is 0.809. The molecule has 2 aliphatic heterocycles. The van der Waals surface area contributed by atoms with Crippen LogP contribution in [0.15, 0.2) is 24.3 Å². The average molecular weight is 274 g/mol. The molecule has 2 aliphatic rings. The fourth-order valence-electron chi connectivity index (χ4n) is 3.65. The first-order chi connectivity index (χ1) is 9.58. The lowest BCUT2D eigenvalue weighted by Crippen LogP contribution is -2.27. The van der Waals surface area contributed by atoms with Crippen LogP contribution in [0.4, 0.5) is 0 Å². The summed E-state index contributed by atoms with van der Waals surface area (Å²) in [5.41, 5.74) is 2.80. The molecule has 0 atom stereocenters. The molecule has 0 aliphatic carbocycles. The summed E-state index contributed by atoms with van der Waals surface area (Å²) in [6, 6.07) is 9.22. The third-order valence-corrected chi connectivity index (χ3v) is 4.81. The number of hydrogen-bond donors (Lipinski definition) is 0. The molecular weight excluding hydrogens is 248 g/mol. The molecular formula is C16H26N4. The van der Waals surface area contributed by atoms with Crippen LogP contribution in [0.25, 0.3) is 0 Å². The van der Waals surface area contributed by atoms with Crippen LogP contribution >= 0.6 is 0 Å². The summed E-state index contributed by atoms with van der Waals surface area (Å²) in [4.78, 5) is 9.68. The van der Waals surface area contributed by atoms with Gasteiger partial charge in [0.1, 0.15) is 0 Å².